The minimum absolute atomic E-state index is 0.0695. The number of benzene rings is 3. The summed E-state index contributed by atoms with van der Waals surface area (Å²) in [5, 5.41) is 18.4. The first-order valence-corrected chi connectivity index (χ1v) is 8.60. The van der Waals surface area contributed by atoms with Crippen LogP contribution >= 0.6 is 0 Å². The summed E-state index contributed by atoms with van der Waals surface area (Å²) in [6.07, 6.45) is 3.12. The lowest BCUT2D eigenvalue weighted by molar-refractivity contribution is 0.0678. The summed E-state index contributed by atoms with van der Waals surface area (Å²) in [5.41, 5.74) is 1.11. The van der Waals surface area contributed by atoms with E-state index in [-0.39, 0.29) is 22.7 Å². The van der Waals surface area contributed by atoms with Crippen LogP contribution in [0.25, 0.3) is 6.08 Å². The number of rotatable bonds is 7. The second kappa shape index (κ2) is 8.67. The molecule has 0 bridgehead atoms. The maximum Gasteiger partial charge on any atom is 0.339 e. The molecule has 0 radical (unpaired) electrons. The first kappa shape index (κ1) is 19.6. The Morgan fingerprint density at radius 2 is 1.45 bits per heavy atom. The van der Waals surface area contributed by atoms with Crippen LogP contribution in [-0.2, 0) is 0 Å². The molecule has 0 fully saturated rings. The van der Waals surface area contributed by atoms with Crippen molar-refractivity contribution in [1.82, 2.24) is 0 Å². The summed E-state index contributed by atoms with van der Waals surface area (Å²) in [6.45, 7) is 0. The second-order valence-electron chi connectivity index (χ2n) is 6.06. The van der Waals surface area contributed by atoms with Gasteiger partial charge in [-0.25, -0.2) is 9.59 Å². The predicted molar refractivity (Wildman–Crippen MR) is 107 cm³/mol. The Morgan fingerprint density at radius 3 is 2.07 bits per heavy atom. The zero-order valence-electron chi connectivity index (χ0n) is 15.1. The summed E-state index contributed by atoms with van der Waals surface area (Å²) >= 11 is 0. The number of hydrogen-bond acceptors (Lipinski definition) is 4. The average molecular weight is 388 g/mol. The van der Waals surface area contributed by atoms with Crippen LogP contribution in [0.15, 0.2) is 78.9 Å². The van der Waals surface area contributed by atoms with E-state index >= 15 is 0 Å². The number of carbonyl (C=O) groups excluding carboxylic acids is 1. The van der Waals surface area contributed by atoms with E-state index in [1.807, 2.05) is 6.07 Å². The van der Waals surface area contributed by atoms with E-state index in [4.69, 9.17) is 9.84 Å². The molecule has 2 N–H and O–H groups in total. The molecule has 0 heterocycles. The first-order chi connectivity index (χ1) is 13.9. The molecule has 0 aliphatic carbocycles. The number of carbonyl (C=O) groups is 3. The fourth-order valence-corrected chi connectivity index (χ4v) is 2.56. The third-order valence-electron chi connectivity index (χ3n) is 4.05. The highest BCUT2D eigenvalue weighted by atomic mass is 16.5. The van der Waals surface area contributed by atoms with Gasteiger partial charge >= 0.3 is 11.9 Å². The summed E-state index contributed by atoms with van der Waals surface area (Å²) in [7, 11) is 0. The van der Waals surface area contributed by atoms with Gasteiger partial charge in [-0.2, -0.15) is 0 Å². The van der Waals surface area contributed by atoms with Crippen LogP contribution < -0.4 is 4.74 Å². The van der Waals surface area contributed by atoms with Gasteiger partial charge in [0.1, 0.15) is 17.1 Å². The molecule has 0 spiro atoms. The maximum absolute atomic E-state index is 12.1. The molecule has 0 aliphatic rings. The Labute approximate surface area is 166 Å². The molecule has 6 nitrogen and oxygen atoms in total. The summed E-state index contributed by atoms with van der Waals surface area (Å²) in [4.78, 5) is 34.6. The Balaban J connectivity index is 1.76. The van der Waals surface area contributed by atoms with Gasteiger partial charge in [-0.3, -0.25) is 4.79 Å². The van der Waals surface area contributed by atoms with Gasteiger partial charge in [-0.1, -0.05) is 48.5 Å². The van der Waals surface area contributed by atoms with Gasteiger partial charge in [0.05, 0.1) is 5.56 Å². The minimum Gasteiger partial charge on any atom is -0.478 e. The highest BCUT2D eigenvalue weighted by Crippen LogP contribution is 2.27. The first-order valence-electron chi connectivity index (χ1n) is 8.60. The van der Waals surface area contributed by atoms with E-state index in [9.17, 15) is 19.5 Å². The van der Waals surface area contributed by atoms with Crippen molar-refractivity contribution in [1.29, 1.82) is 0 Å². The molecule has 3 aromatic carbocycles. The van der Waals surface area contributed by atoms with E-state index in [0.717, 1.165) is 11.6 Å². The Bertz CT molecular complexity index is 1080. The molecule has 0 aromatic heterocycles. The van der Waals surface area contributed by atoms with Gasteiger partial charge in [0.25, 0.3) is 0 Å². The monoisotopic (exact) mass is 388 g/mol. The molecular weight excluding hydrogens is 372 g/mol. The Hall–Kier alpha value is -4.19. The van der Waals surface area contributed by atoms with Crippen LogP contribution in [0.1, 0.15) is 36.6 Å². The van der Waals surface area contributed by atoms with Crippen molar-refractivity contribution in [3.05, 3.63) is 101 Å². The van der Waals surface area contributed by atoms with Gasteiger partial charge in [0.2, 0.25) is 0 Å². The molecular formula is C23H16O6. The molecule has 3 rings (SSSR count). The van der Waals surface area contributed by atoms with E-state index in [0.29, 0.717) is 11.3 Å². The number of allylic oxidation sites excluding steroid dienone is 1. The topological polar surface area (TPSA) is 101 Å². The van der Waals surface area contributed by atoms with Crippen molar-refractivity contribution in [2.75, 3.05) is 0 Å². The lowest BCUT2D eigenvalue weighted by Crippen LogP contribution is -2.03. The van der Waals surface area contributed by atoms with Crippen molar-refractivity contribution < 1.29 is 29.3 Å². The van der Waals surface area contributed by atoms with Crippen LogP contribution in [0.5, 0.6) is 11.5 Å². The van der Waals surface area contributed by atoms with Crippen molar-refractivity contribution in [2.45, 2.75) is 0 Å². The largest absolute Gasteiger partial charge is 0.478 e. The van der Waals surface area contributed by atoms with E-state index in [1.165, 1.54) is 18.2 Å². The van der Waals surface area contributed by atoms with Gasteiger partial charge < -0.3 is 14.9 Å². The molecule has 0 atom stereocenters. The quantitative estimate of drug-likeness (QED) is 0.447. The van der Waals surface area contributed by atoms with E-state index < -0.39 is 11.9 Å². The Kier molecular flexibility index (Phi) is 5.85. The fraction of sp³-hybridized carbons (Fsp3) is 0. The lowest BCUT2D eigenvalue weighted by Gasteiger charge is -2.10. The summed E-state index contributed by atoms with van der Waals surface area (Å²) in [6, 6.07) is 19.0. The zero-order valence-corrected chi connectivity index (χ0v) is 15.1. The second-order valence-corrected chi connectivity index (χ2v) is 6.06. The standard InChI is InChI=1S/C23H16O6/c24-20(16-4-2-1-3-5-16)13-8-15-6-10-18(11-7-15)29-21-14-17(22(25)26)9-12-19(21)23(27)28/h1-14H,(H,25,26)(H,27,28). The molecule has 144 valence electrons. The van der Waals surface area contributed by atoms with Crippen LogP contribution in [-0.4, -0.2) is 27.9 Å². The highest BCUT2D eigenvalue weighted by Gasteiger charge is 2.15. The molecule has 0 unspecified atom stereocenters. The number of hydrogen-bond donors (Lipinski definition) is 2. The number of carboxylic acids is 2. The molecule has 0 aliphatic heterocycles. The SMILES string of the molecule is O=C(O)c1ccc(C(=O)O)c(Oc2ccc(C=CC(=O)c3ccccc3)cc2)c1. The van der Waals surface area contributed by atoms with Crippen LogP contribution in [0.4, 0.5) is 0 Å². The smallest absolute Gasteiger partial charge is 0.339 e. The number of carboxylic acid groups (broad SMARTS) is 2. The molecule has 3 aromatic rings. The van der Waals surface area contributed by atoms with Gasteiger partial charge in [0.15, 0.2) is 5.78 Å². The molecule has 0 amide bonds. The average Bonchev–Trinajstić information content (AvgIpc) is 2.73. The number of ketones is 1. The van der Waals surface area contributed by atoms with Crippen molar-refractivity contribution in [3.8, 4) is 11.5 Å². The lowest BCUT2D eigenvalue weighted by atomic mass is 10.1. The molecule has 0 saturated carbocycles. The van der Waals surface area contributed by atoms with Gasteiger partial charge in [-0.05, 0) is 42.0 Å². The summed E-state index contributed by atoms with van der Waals surface area (Å²) < 4.78 is 5.58. The fourth-order valence-electron chi connectivity index (χ4n) is 2.56. The van der Waals surface area contributed by atoms with Crippen molar-refractivity contribution >= 4 is 23.8 Å². The Morgan fingerprint density at radius 1 is 0.759 bits per heavy atom. The van der Waals surface area contributed by atoms with Crippen molar-refractivity contribution in [2.24, 2.45) is 0 Å². The van der Waals surface area contributed by atoms with Gasteiger partial charge in [-0.15, -0.1) is 0 Å². The highest BCUT2D eigenvalue weighted by molar-refractivity contribution is 6.06. The number of ether oxygens (including phenoxy) is 1. The van der Waals surface area contributed by atoms with Crippen molar-refractivity contribution in [3.63, 3.8) is 0 Å². The third kappa shape index (κ3) is 4.95. The maximum atomic E-state index is 12.1. The zero-order chi connectivity index (χ0) is 20.8. The molecule has 0 saturated heterocycles. The molecule has 6 heteroatoms. The van der Waals surface area contributed by atoms with Crippen LogP contribution in [0.2, 0.25) is 0 Å². The van der Waals surface area contributed by atoms with E-state index in [1.54, 1.807) is 54.6 Å². The summed E-state index contributed by atoms with van der Waals surface area (Å²) in [5.74, 6) is -2.27. The predicted octanol–water partition coefficient (Wildman–Crippen LogP) is 4.77. The minimum atomic E-state index is -1.23. The van der Waals surface area contributed by atoms with Crippen LogP contribution in [0, 0.1) is 0 Å². The van der Waals surface area contributed by atoms with E-state index in [2.05, 4.69) is 0 Å². The number of aromatic carboxylic acids is 2. The third-order valence-corrected chi connectivity index (χ3v) is 4.05. The van der Waals surface area contributed by atoms with Gasteiger partial charge in [0, 0.05) is 5.56 Å². The van der Waals surface area contributed by atoms with Crippen LogP contribution in [0.3, 0.4) is 0 Å². The normalized spacial score (nSPS) is 10.6. The molecule has 29 heavy (non-hydrogen) atoms.